The number of carboxylic acids is 1. The van der Waals surface area contributed by atoms with Gasteiger partial charge in [0.1, 0.15) is 0 Å². The van der Waals surface area contributed by atoms with Crippen molar-refractivity contribution < 1.29 is 23.1 Å². The molecular weight excluding hydrogens is 284 g/mol. The minimum absolute atomic E-state index is 0.0465. The molecule has 7 nitrogen and oxygen atoms in total. The molecular formula is C12H22N2O5S. The van der Waals surface area contributed by atoms with Crippen molar-refractivity contribution in [2.24, 2.45) is 11.8 Å². The van der Waals surface area contributed by atoms with Crippen LogP contribution in [0, 0.1) is 11.8 Å². The summed E-state index contributed by atoms with van der Waals surface area (Å²) in [7, 11) is -0.812. The number of nitrogens with one attached hydrogen (secondary N) is 1. The summed E-state index contributed by atoms with van der Waals surface area (Å²) in [4.78, 5) is 22.6. The first-order chi connectivity index (χ1) is 9.21. The highest BCUT2D eigenvalue weighted by Gasteiger charge is 2.43. The molecule has 1 rings (SSSR count). The van der Waals surface area contributed by atoms with Crippen molar-refractivity contribution in [2.45, 2.75) is 31.4 Å². The van der Waals surface area contributed by atoms with E-state index in [2.05, 4.69) is 5.32 Å². The lowest BCUT2D eigenvalue weighted by Crippen LogP contribution is -2.43. The third kappa shape index (κ3) is 3.49. The Kier molecular flexibility index (Phi) is 5.52. The second-order valence-electron chi connectivity index (χ2n) is 5.25. The van der Waals surface area contributed by atoms with E-state index in [0.29, 0.717) is 19.3 Å². The number of carboxylic acid groups (broad SMARTS) is 1. The second-order valence-corrected chi connectivity index (χ2v) is 7.51. The van der Waals surface area contributed by atoms with E-state index in [4.69, 9.17) is 5.11 Å². The Balaban J connectivity index is 2.82. The lowest BCUT2D eigenvalue weighted by atomic mass is 10.1. The van der Waals surface area contributed by atoms with Crippen LogP contribution in [0.3, 0.4) is 0 Å². The molecule has 1 fully saturated rings. The highest BCUT2D eigenvalue weighted by atomic mass is 32.2. The quantitative estimate of drug-likeness (QED) is 0.712. The van der Waals surface area contributed by atoms with Gasteiger partial charge in [-0.2, -0.15) is 0 Å². The van der Waals surface area contributed by atoms with E-state index in [1.54, 1.807) is 6.92 Å². The fraction of sp³-hybridized carbons (Fsp3) is 0.833. The summed E-state index contributed by atoms with van der Waals surface area (Å²) in [5, 5.41) is 10.7. The monoisotopic (exact) mass is 306 g/mol. The van der Waals surface area contributed by atoms with Crippen LogP contribution in [0.2, 0.25) is 0 Å². The number of aliphatic carboxylic acids is 1. The smallest absolute Gasteiger partial charge is 0.307 e. The van der Waals surface area contributed by atoms with E-state index < -0.39 is 33.1 Å². The minimum Gasteiger partial charge on any atom is -0.481 e. The van der Waals surface area contributed by atoms with E-state index in [0.717, 1.165) is 4.31 Å². The number of hydrogen-bond donors (Lipinski definition) is 2. The predicted octanol–water partition coefficient (Wildman–Crippen LogP) is -0.117. The summed E-state index contributed by atoms with van der Waals surface area (Å²) < 4.78 is 26.0. The van der Waals surface area contributed by atoms with Gasteiger partial charge in [0.15, 0.2) is 0 Å². The third-order valence-electron chi connectivity index (χ3n) is 3.81. The summed E-state index contributed by atoms with van der Waals surface area (Å²) in [6.07, 6.45) is 1.34. The number of nitrogens with zero attached hydrogens (tertiary/aromatic N) is 1. The van der Waals surface area contributed by atoms with Gasteiger partial charge >= 0.3 is 5.97 Å². The molecule has 0 radical (unpaired) electrons. The zero-order chi connectivity index (χ0) is 15.5. The zero-order valence-corrected chi connectivity index (χ0v) is 12.8. The fourth-order valence-electron chi connectivity index (χ4n) is 2.62. The van der Waals surface area contributed by atoms with Crippen LogP contribution >= 0.6 is 0 Å². The van der Waals surface area contributed by atoms with Crippen LogP contribution in [0.15, 0.2) is 0 Å². The Morgan fingerprint density at radius 1 is 1.40 bits per heavy atom. The van der Waals surface area contributed by atoms with Crippen molar-refractivity contribution in [3.8, 4) is 0 Å². The molecule has 116 valence electrons. The summed E-state index contributed by atoms with van der Waals surface area (Å²) in [5.74, 6) is -2.64. The summed E-state index contributed by atoms with van der Waals surface area (Å²) in [6, 6.07) is 0. The Bertz CT molecular complexity index is 476. The highest BCUT2D eigenvalue weighted by molar-refractivity contribution is 7.89. The van der Waals surface area contributed by atoms with Gasteiger partial charge in [0, 0.05) is 26.6 Å². The maximum atomic E-state index is 12.4. The minimum atomic E-state index is -3.70. The SMILES string of the molecule is CNC(=O)C(C)CN(C)S(=O)(=O)C1CCCC1C(=O)O. The third-order valence-corrected chi connectivity index (χ3v) is 6.16. The van der Waals surface area contributed by atoms with E-state index in [-0.39, 0.29) is 12.5 Å². The molecule has 3 atom stereocenters. The number of sulfonamides is 1. The van der Waals surface area contributed by atoms with Crippen molar-refractivity contribution in [1.82, 2.24) is 9.62 Å². The maximum Gasteiger partial charge on any atom is 0.307 e. The normalized spacial score (nSPS) is 24.6. The summed E-state index contributed by atoms with van der Waals surface area (Å²) >= 11 is 0. The van der Waals surface area contributed by atoms with Crippen LogP contribution in [-0.2, 0) is 19.6 Å². The lowest BCUT2D eigenvalue weighted by molar-refractivity contribution is -0.141. The Labute approximate surface area is 119 Å². The average Bonchev–Trinajstić information content (AvgIpc) is 2.87. The standard InChI is InChI=1S/C12H22N2O5S/c1-8(11(15)13-2)7-14(3)20(18,19)10-6-4-5-9(10)12(16)17/h8-10H,4-7H2,1-3H3,(H,13,15)(H,16,17). The molecule has 0 saturated heterocycles. The number of hydrogen-bond acceptors (Lipinski definition) is 4. The number of rotatable bonds is 6. The van der Waals surface area contributed by atoms with Gasteiger partial charge in [-0.3, -0.25) is 9.59 Å². The van der Waals surface area contributed by atoms with Gasteiger partial charge in [-0.25, -0.2) is 12.7 Å². The van der Waals surface area contributed by atoms with Crippen molar-refractivity contribution in [1.29, 1.82) is 0 Å². The Hall–Kier alpha value is -1.15. The molecule has 1 amide bonds. The van der Waals surface area contributed by atoms with Crippen molar-refractivity contribution >= 4 is 21.9 Å². The van der Waals surface area contributed by atoms with E-state index in [9.17, 15) is 18.0 Å². The van der Waals surface area contributed by atoms with Crippen molar-refractivity contribution in [3.63, 3.8) is 0 Å². The first kappa shape index (κ1) is 16.9. The Morgan fingerprint density at radius 3 is 2.50 bits per heavy atom. The van der Waals surface area contributed by atoms with E-state index in [1.165, 1.54) is 14.1 Å². The molecule has 0 aromatic rings. The number of amides is 1. The molecule has 8 heteroatoms. The number of carbonyl (C=O) groups is 2. The molecule has 0 spiro atoms. The van der Waals surface area contributed by atoms with Crippen molar-refractivity contribution in [3.05, 3.63) is 0 Å². The fourth-order valence-corrected chi connectivity index (χ4v) is 4.64. The summed E-state index contributed by atoms with van der Waals surface area (Å²) in [5.41, 5.74) is 0. The molecule has 0 aromatic carbocycles. The molecule has 1 aliphatic carbocycles. The molecule has 3 unspecified atom stereocenters. The predicted molar refractivity (Wildman–Crippen MR) is 73.5 cm³/mol. The second kappa shape index (κ2) is 6.53. The average molecular weight is 306 g/mol. The first-order valence-corrected chi connectivity index (χ1v) is 8.11. The molecule has 0 bridgehead atoms. The van der Waals surface area contributed by atoms with Crippen LogP contribution in [0.25, 0.3) is 0 Å². The maximum absolute atomic E-state index is 12.4. The van der Waals surface area contributed by atoms with Gasteiger partial charge < -0.3 is 10.4 Å². The molecule has 0 heterocycles. The molecule has 20 heavy (non-hydrogen) atoms. The van der Waals surface area contributed by atoms with Crippen LogP contribution in [0.4, 0.5) is 0 Å². The largest absolute Gasteiger partial charge is 0.481 e. The first-order valence-electron chi connectivity index (χ1n) is 6.61. The summed E-state index contributed by atoms with van der Waals surface area (Å²) in [6.45, 7) is 1.68. The molecule has 0 aliphatic heterocycles. The van der Waals surface area contributed by atoms with Crippen LogP contribution < -0.4 is 5.32 Å². The van der Waals surface area contributed by atoms with Crippen LogP contribution in [0.1, 0.15) is 26.2 Å². The van der Waals surface area contributed by atoms with Crippen LogP contribution in [-0.4, -0.2) is 55.6 Å². The van der Waals surface area contributed by atoms with Gasteiger partial charge in [-0.1, -0.05) is 13.3 Å². The van der Waals surface area contributed by atoms with Gasteiger partial charge in [-0.15, -0.1) is 0 Å². The van der Waals surface area contributed by atoms with Crippen LogP contribution in [0.5, 0.6) is 0 Å². The molecule has 1 aliphatic rings. The van der Waals surface area contributed by atoms with E-state index in [1.807, 2.05) is 0 Å². The molecule has 2 N–H and O–H groups in total. The zero-order valence-electron chi connectivity index (χ0n) is 12.0. The topological polar surface area (TPSA) is 104 Å². The molecule has 1 saturated carbocycles. The molecule has 0 aromatic heterocycles. The highest BCUT2D eigenvalue weighted by Crippen LogP contribution is 2.32. The van der Waals surface area contributed by atoms with Gasteiger partial charge in [-0.05, 0) is 12.8 Å². The van der Waals surface area contributed by atoms with Gasteiger partial charge in [0.2, 0.25) is 15.9 Å². The Morgan fingerprint density at radius 2 is 2.00 bits per heavy atom. The van der Waals surface area contributed by atoms with Gasteiger partial charge in [0.25, 0.3) is 0 Å². The number of carbonyl (C=O) groups excluding carboxylic acids is 1. The van der Waals surface area contributed by atoms with Crippen molar-refractivity contribution in [2.75, 3.05) is 20.6 Å². The van der Waals surface area contributed by atoms with E-state index >= 15 is 0 Å². The van der Waals surface area contributed by atoms with Gasteiger partial charge in [0.05, 0.1) is 11.2 Å². The lowest BCUT2D eigenvalue weighted by Gasteiger charge is -2.25.